The van der Waals surface area contributed by atoms with E-state index in [1.807, 2.05) is 30.3 Å². The lowest BCUT2D eigenvalue weighted by atomic mass is 10.0. The van der Waals surface area contributed by atoms with Crippen LogP contribution in [-0.4, -0.2) is 38.2 Å². The second-order valence-electron chi connectivity index (χ2n) is 6.15. The van der Waals surface area contributed by atoms with Crippen LogP contribution < -0.4 is 14.8 Å². The van der Waals surface area contributed by atoms with Crippen LogP contribution in [0.2, 0.25) is 0 Å². The van der Waals surface area contributed by atoms with Crippen LogP contribution in [0.15, 0.2) is 61.2 Å². The number of nitrogens with one attached hydrogen (secondary N) is 1. The van der Waals surface area contributed by atoms with Gasteiger partial charge in [0.05, 0.1) is 13.2 Å². The molecule has 0 amide bonds. The molecule has 2 aromatic rings. The van der Waals surface area contributed by atoms with Gasteiger partial charge < -0.3 is 14.8 Å². The van der Waals surface area contributed by atoms with Crippen LogP contribution in [0.3, 0.4) is 0 Å². The maximum absolute atomic E-state index is 6.05. The third-order valence-electron chi connectivity index (χ3n) is 4.53. The Hall–Kier alpha value is -1.72. The number of hydrogen-bond acceptors (Lipinski definition) is 4. The number of piperazine rings is 1. The van der Waals surface area contributed by atoms with Crippen LogP contribution in [0.4, 0.5) is 0 Å². The SMILES string of the molecule is C=C[C@@H](c1ccc(OC)c(OCc2ccccc2)c1)N1CCNCC1.Cl.Cl. The molecule has 1 atom stereocenters. The van der Waals surface area contributed by atoms with Gasteiger partial charge in [0.15, 0.2) is 11.5 Å². The average molecular weight is 411 g/mol. The minimum absolute atomic E-state index is 0. The average Bonchev–Trinajstić information content (AvgIpc) is 2.69. The molecule has 27 heavy (non-hydrogen) atoms. The van der Waals surface area contributed by atoms with Crippen molar-refractivity contribution in [2.45, 2.75) is 12.6 Å². The Labute approximate surface area is 174 Å². The number of benzene rings is 2. The van der Waals surface area contributed by atoms with Crippen LogP contribution in [-0.2, 0) is 6.61 Å². The van der Waals surface area contributed by atoms with E-state index < -0.39 is 0 Å². The standard InChI is InChI=1S/C21H26N2O2.2ClH/c1-3-19(23-13-11-22-12-14-23)18-9-10-20(24-2)21(15-18)25-16-17-7-5-4-6-8-17;;/h3-10,15,19,22H,1,11-14,16H2,2H3;2*1H/t19-;;/m0../s1. The van der Waals surface area contributed by atoms with Gasteiger partial charge in [-0.1, -0.05) is 42.5 Å². The Kier molecular flexibility index (Phi) is 10.3. The molecule has 0 aliphatic carbocycles. The van der Waals surface area contributed by atoms with Gasteiger partial charge in [0.25, 0.3) is 0 Å². The normalized spacial score (nSPS) is 15.0. The van der Waals surface area contributed by atoms with Crippen LogP contribution in [0, 0.1) is 0 Å². The highest BCUT2D eigenvalue weighted by molar-refractivity contribution is 5.85. The van der Waals surface area contributed by atoms with Gasteiger partial charge in [0.1, 0.15) is 6.61 Å². The maximum Gasteiger partial charge on any atom is 0.162 e. The molecular weight excluding hydrogens is 383 g/mol. The van der Waals surface area contributed by atoms with E-state index in [2.05, 4.69) is 41.1 Å². The molecule has 0 radical (unpaired) electrons. The summed E-state index contributed by atoms with van der Waals surface area (Å²) >= 11 is 0. The highest BCUT2D eigenvalue weighted by atomic mass is 35.5. The Morgan fingerprint density at radius 2 is 1.78 bits per heavy atom. The maximum atomic E-state index is 6.05. The third-order valence-corrected chi connectivity index (χ3v) is 4.53. The van der Waals surface area contributed by atoms with E-state index in [1.54, 1.807) is 7.11 Å². The number of rotatable bonds is 7. The monoisotopic (exact) mass is 410 g/mol. The highest BCUT2D eigenvalue weighted by Crippen LogP contribution is 2.33. The van der Waals surface area contributed by atoms with Crippen molar-refractivity contribution >= 4 is 24.8 Å². The second kappa shape index (κ2) is 11.9. The van der Waals surface area contributed by atoms with Crippen molar-refractivity contribution in [3.8, 4) is 11.5 Å². The number of nitrogens with zero attached hydrogens (tertiary/aromatic N) is 1. The van der Waals surface area contributed by atoms with Gasteiger partial charge >= 0.3 is 0 Å². The molecule has 0 unspecified atom stereocenters. The van der Waals surface area contributed by atoms with Gasteiger partial charge in [0.2, 0.25) is 0 Å². The smallest absolute Gasteiger partial charge is 0.162 e. The first-order valence-electron chi connectivity index (χ1n) is 8.74. The van der Waals surface area contributed by atoms with Crippen molar-refractivity contribution in [2.24, 2.45) is 0 Å². The molecule has 0 saturated carbocycles. The largest absolute Gasteiger partial charge is 0.493 e. The second-order valence-corrected chi connectivity index (χ2v) is 6.15. The van der Waals surface area contributed by atoms with Crippen LogP contribution in [0.5, 0.6) is 11.5 Å². The van der Waals surface area contributed by atoms with Crippen LogP contribution >= 0.6 is 24.8 Å². The molecule has 2 aromatic carbocycles. The molecule has 1 aliphatic heterocycles. The number of halogens is 2. The van der Waals surface area contributed by atoms with Gasteiger partial charge in [-0.05, 0) is 23.3 Å². The van der Waals surface area contributed by atoms with E-state index in [-0.39, 0.29) is 30.9 Å². The van der Waals surface area contributed by atoms with Gasteiger partial charge in [-0.3, -0.25) is 4.90 Å². The van der Waals surface area contributed by atoms with E-state index in [0.29, 0.717) is 6.61 Å². The Morgan fingerprint density at radius 1 is 1.07 bits per heavy atom. The van der Waals surface area contributed by atoms with Crippen molar-refractivity contribution in [2.75, 3.05) is 33.3 Å². The Morgan fingerprint density at radius 3 is 2.41 bits per heavy atom. The minimum atomic E-state index is 0. The minimum Gasteiger partial charge on any atom is -0.493 e. The fourth-order valence-electron chi connectivity index (χ4n) is 3.18. The molecule has 0 aromatic heterocycles. The zero-order valence-corrected chi connectivity index (χ0v) is 17.2. The van der Waals surface area contributed by atoms with Crippen molar-refractivity contribution in [3.05, 3.63) is 72.3 Å². The quantitative estimate of drug-likeness (QED) is 0.691. The molecule has 4 nitrogen and oxygen atoms in total. The summed E-state index contributed by atoms with van der Waals surface area (Å²) in [6, 6.07) is 16.5. The summed E-state index contributed by atoms with van der Waals surface area (Å²) in [6.45, 7) is 8.62. The molecule has 3 rings (SSSR count). The lowest BCUT2D eigenvalue weighted by Gasteiger charge is -2.33. The predicted octanol–water partition coefficient (Wildman–Crippen LogP) is 4.25. The predicted molar refractivity (Wildman–Crippen MR) is 116 cm³/mol. The Bertz CT molecular complexity index is 692. The fourth-order valence-corrected chi connectivity index (χ4v) is 3.18. The molecule has 0 spiro atoms. The summed E-state index contributed by atoms with van der Waals surface area (Å²) in [4.78, 5) is 2.44. The molecule has 0 bridgehead atoms. The summed E-state index contributed by atoms with van der Waals surface area (Å²) < 4.78 is 11.5. The Balaban J connectivity index is 0.00000182. The fraction of sp³-hybridized carbons (Fsp3) is 0.333. The van der Waals surface area contributed by atoms with E-state index in [0.717, 1.165) is 43.2 Å². The number of ether oxygens (including phenoxy) is 2. The van der Waals surface area contributed by atoms with Gasteiger partial charge in [-0.15, -0.1) is 31.4 Å². The lowest BCUT2D eigenvalue weighted by Crippen LogP contribution is -2.44. The number of methoxy groups -OCH3 is 1. The highest BCUT2D eigenvalue weighted by Gasteiger charge is 2.20. The first kappa shape index (κ1) is 23.3. The lowest BCUT2D eigenvalue weighted by molar-refractivity contribution is 0.202. The first-order valence-corrected chi connectivity index (χ1v) is 8.74. The summed E-state index contributed by atoms with van der Waals surface area (Å²) in [5.41, 5.74) is 2.32. The van der Waals surface area contributed by atoms with Crippen molar-refractivity contribution in [1.29, 1.82) is 0 Å². The molecule has 6 heteroatoms. The van der Waals surface area contributed by atoms with E-state index in [4.69, 9.17) is 9.47 Å². The molecule has 1 heterocycles. The zero-order chi connectivity index (χ0) is 17.5. The van der Waals surface area contributed by atoms with Crippen molar-refractivity contribution in [1.82, 2.24) is 10.2 Å². The molecule has 1 N–H and O–H groups in total. The first-order chi connectivity index (χ1) is 12.3. The summed E-state index contributed by atoms with van der Waals surface area (Å²) in [6.07, 6.45) is 2.01. The third kappa shape index (κ3) is 6.15. The molecular formula is C21H28Cl2N2O2. The van der Waals surface area contributed by atoms with Crippen molar-refractivity contribution < 1.29 is 9.47 Å². The van der Waals surface area contributed by atoms with Gasteiger partial charge in [0, 0.05) is 26.2 Å². The number of hydrogen-bond donors (Lipinski definition) is 1. The molecule has 1 fully saturated rings. The summed E-state index contributed by atoms with van der Waals surface area (Å²) in [7, 11) is 1.67. The molecule has 1 saturated heterocycles. The van der Waals surface area contributed by atoms with Crippen LogP contribution in [0.25, 0.3) is 0 Å². The summed E-state index contributed by atoms with van der Waals surface area (Å²) in [5, 5.41) is 3.39. The topological polar surface area (TPSA) is 33.7 Å². The zero-order valence-electron chi connectivity index (χ0n) is 15.6. The van der Waals surface area contributed by atoms with E-state index in [1.165, 1.54) is 5.56 Å². The van der Waals surface area contributed by atoms with Gasteiger partial charge in [-0.2, -0.15) is 0 Å². The van der Waals surface area contributed by atoms with E-state index >= 15 is 0 Å². The van der Waals surface area contributed by atoms with Crippen LogP contribution in [0.1, 0.15) is 17.2 Å². The van der Waals surface area contributed by atoms with Gasteiger partial charge in [-0.25, -0.2) is 0 Å². The molecule has 1 aliphatic rings. The summed E-state index contributed by atoms with van der Waals surface area (Å²) in [5.74, 6) is 1.52. The molecule has 148 valence electrons. The van der Waals surface area contributed by atoms with E-state index in [9.17, 15) is 0 Å². The van der Waals surface area contributed by atoms with Crippen molar-refractivity contribution in [3.63, 3.8) is 0 Å².